The second-order valence-corrected chi connectivity index (χ2v) is 4.70. The zero-order valence-corrected chi connectivity index (χ0v) is 10.6. The van der Waals surface area contributed by atoms with Crippen LogP contribution in [-0.4, -0.2) is 48.9 Å². The topological polar surface area (TPSA) is 0 Å². The number of unbranched alkanes of at least 4 members (excludes halogenated alkanes) is 5. The molecule has 0 amide bonds. The van der Waals surface area contributed by atoms with Gasteiger partial charge in [-0.2, -0.15) is 0 Å². The molecule has 0 aliphatic heterocycles. The SMILES string of the molecule is CCCCCCCCc1cccc(S)c1.[BaH2]. The summed E-state index contributed by atoms with van der Waals surface area (Å²) in [6.45, 7) is 2.26. The fourth-order valence-electron chi connectivity index (χ4n) is 1.82. The maximum atomic E-state index is 4.35. The first-order valence-electron chi connectivity index (χ1n) is 6.11. The molecule has 0 bridgehead atoms. The summed E-state index contributed by atoms with van der Waals surface area (Å²) in [7, 11) is 0. The van der Waals surface area contributed by atoms with E-state index < -0.39 is 0 Å². The molecule has 2 heteroatoms. The Morgan fingerprint density at radius 2 is 1.69 bits per heavy atom. The first-order valence-corrected chi connectivity index (χ1v) is 6.55. The Morgan fingerprint density at radius 1 is 1.00 bits per heavy atom. The van der Waals surface area contributed by atoms with Crippen molar-refractivity contribution in [2.24, 2.45) is 0 Å². The molecule has 0 radical (unpaired) electrons. The number of aryl methyl sites for hydroxylation is 1. The molecule has 0 heterocycles. The van der Waals surface area contributed by atoms with Crippen LogP contribution in [0.25, 0.3) is 0 Å². The summed E-state index contributed by atoms with van der Waals surface area (Å²) in [4.78, 5) is 1.08. The van der Waals surface area contributed by atoms with Crippen molar-refractivity contribution in [2.45, 2.75) is 56.8 Å². The Hall–Kier alpha value is 1.14. The Balaban J connectivity index is 0.00000225. The van der Waals surface area contributed by atoms with Gasteiger partial charge in [-0.1, -0.05) is 51.2 Å². The molecule has 0 saturated carbocycles. The molecule has 0 nitrogen and oxygen atoms in total. The van der Waals surface area contributed by atoms with Crippen molar-refractivity contribution in [3.63, 3.8) is 0 Å². The number of hydrogen-bond acceptors (Lipinski definition) is 1. The fourth-order valence-corrected chi connectivity index (χ4v) is 2.07. The molecule has 0 spiro atoms. The van der Waals surface area contributed by atoms with Gasteiger partial charge < -0.3 is 0 Å². The Bertz CT molecular complexity index is 273. The third-order valence-electron chi connectivity index (χ3n) is 2.73. The van der Waals surface area contributed by atoms with Crippen LogP contribution in [-0.2, 0) is 6.42 Å². The molecule has 16 heavy (non-hydrogen) atoms. The van der Waals surface area contributed by atoms with E-state index >= 15 is 0 Å². The molecule has 0 aliphatic rings. The summed E-state index contributed by atoms with van der Waals surface area (Å²) < 4.78 is 0. The second-order valence-electron chi connectivity index (χ2n) is 4.19. The van der Waals surface area contributed by atoms with Crippen LogP contribution in [0, 0.1) is 0 Å². The van der Waals surface area contributed by atoms with E-state index in [0.29, 0.717) is 0 Å². The first kappa shape index (κ1) is 17.1. The van der Waals surface area contributed by atoms with Crippen molar-refractivity contribution in [1.82, 2.24) is 0 Å². The molecule has 88 valence electrons. The van der Waals surface area contributed by atoms with E-state index in [9.17, 15) is 0 Å². The maximum absolute atomic E-state index is 4.35. The van der Waals surface area contributed by atoms with E-state index in [-0.39, 0.29) is 48.9 Å². The molecule has 0 fully saturated rings. The van der Waals surface area contributed by atoms with E-state index in [2.05, 4.69) is 37.8 Å². The molecule has 1 rings (SSSR count). The normalized spacial score (nSPS) is 9.88. The quantitative estimate of drug-likeness (QED) is 0.424. The molecule has 0 unspecified atom stereocenters. The van der Waals surface area contributed by atoms with Gasteiger partial charge in [0.05, 0.1) is 0 Å². The average Bonchev–Trinajstić information content (AvgIpc) is 2.23. The summed E-state index contributed by atoms with van der Waals surface area (Å²) in [5, 5.41) is 0. The van der Waals surface area contributed by atoms with Crippen LogP contribution in [0.5, 0.6) is 0 Å². The van der Waals surface area contributed by atoms with E-state index in [1.807, 2.05) is 6.07 Å². The van der Waals surface area contributed by atoms with Gasteiger partial charge in [-0.25, -0.2) is 0 Å². The zero-order chi connectivity index (χ0) is 10.9. The van der Waals surface area contributed by atoms with Crippen LogP contribution in [0.4, 0.5) is 0 Å². The molecule has 0 atom stereocenters. The van der Waals surface area contributed by atoms with Gasteiger partial charge in [-0.3, -0.25) is 0 Å². The van der Waals surface area contributed by atoms with Crippen LogP contribution < -0.4 is 0 Å². The molecule has 0 aromatic heterocycles. The number of rotatable bonds is 7. The van der Waals surface area contributed by atoms with Gasteiger partial charge in [-0.15, -0.1) is 12.6 Å². The van der Waals surface area contributed by atoms with Crippen molar-refractivity contribution in [3.05, 3.63) is 29.8 Å². The van der Waals surface area contributed by atoms with Crippen LogP contribution in [0.15, 0.2) is 29.2 Å². The van der Waals surface area contributed by atoms with Crippen molar-refractivity contribution in [2.75, 3.05) is 0 Å². The van der Waals surface area contributed by atoms with E-state index in [1.165, 1.54) is 50.5 Å². The molecule has 0 N–H and O–H groups in total. The predicted molar refractivity (Wildman–Crippen MR) is 79.3 cm³/mol. The summed E-state index contributed by atoms with van der Waals surface area (Å²) in [6.07, 6.45) is 9.43. The zero-order valence-electron chi connectivity index (χ0n) is 9.71. The standard InChI is InChI=1S/C14H22S.Ba.2H/c1-2-3-4-5-6-7-9-13-10-8-11-14(15)12-13;;;/h8,10-12,15H,2-7,9H2,1H3;;;. The van der Waals surface area contributed by atoms with Crippen LogP contribution >= 0.6 is 12.6 Å². The van der Waals surface area contributed by atoms with Gasteiger partial charge in [0.15, 0.2) is 0 Å². The Morgan fingerprint density at radius 3 is 2.38 bits per heavy atom. The number of hydrogen-bond donors (Lipinski definition) is 1. The van der Waals surface area contributed by atoms with E-state index in [0.717, 1.165) is 4.90 Å². The summed E-state index contributed by atoms with van der Waals surface area (Å²) in [5.74, 6) is 0. The monoisotopic (exact) mass is 362 g/mol. The van der Waals surface area contributed by atoms with E-state index in [4.69, 9.17) is 0 Å². The van der Waals surface area contributed by atoms with Gasteiger partial charge >= 0.3 is 48.9 Å². The molecule has 0 saturated heterocycles. The van der Waals surface area contributed by atoms with Crippen molar-refractivity contribution < 1.29 is 0 Å². The summed E-state index contributed by atoms with van der Waals surface area (Å²) >= 11 is 4.35. The van der Waals surface area contributed by atoms with Crippen LogP contribution in [0.3, 0.4) is 0 Å². The van der Waals surface area contributed by atoms with Crippen LogP contribution in [0.2, 0.25) is 0 Å². The second kappa shape index (κ2) is 11.2. The average molecular weight is 362 g/mol. The molecule has 1 aromatic carbocycles. The van der Waals surface area contributed by atoms with Crippen molar-refractivity contribution in [3.8, 4) is 0 Å². The summed E-state index contributed by atoms with van der Waals surface area (Å²) in [6, 6.07) is 8.50. The van der Waals surface area contributed by atoms with Gasteiger partial charge in [-0.05, 0) is 30.5 Å². The number of thiol groups is 1. The predicted octanol–water partition coefficient (Wildman–Crippen LogP) is 3.96. The first-order chi connectivity index (χ1) is 7.33. The molecule has 0 aliphatic carbocycles. The number of benzene rings is 1. The van der Waals surface area contributed by atoms with Crippen LogP contribution in [0.1, 0.15) is 51.0 Å². The minimum absolute atomic E-state index is 0. The van der Waals surface area contributed by atoms with Gasteiger partial charge in [0.2, 0.25) is 0 Å². The minimum atomic E-state index is 0. The Kier molecular flexibility index (Phi) is 12.0. The Labute approximate surface area is 146 Å². The third kappa shape index (κ3) is 8.26. The van der Waals surface area contributed by atoms with Crippen molar-refractivity contribution >= 4 is 61.5 Å². The van der Waals surface area contributed by atoms with Crippen molar-refractivity contribution in [1.29, 1.82) is 0 Å². The fraction of sp³-hybridized carbons (Fsp3) is 0.571. The third-order valence-corrected chi connectivity index (χ3v) is 3.01. The molecule has 1 aromatic rings. The van der Waals surface area contributed by atoms with Gasteiger partial charge in [0, 0.05) is 4.90 Å². The van der Waals surface area contributed by atoms with E-state index in [1.54, 1.807) is 0 Å². The van der Waals surface area contributed by atoms with Gasteiger partial charge in [0.25, 0.3) is 0 Å². The molecular formula is C14H24BaS. The molecular weight excluding hydrogens is 338 g/mol. The van der Waals surface area contributed by atoms with Gasteiger partial charge in [0.1, 0.15) is 0 Å². The summed E-state index contributed by atoms with van der Waals surface area (Å²) in [5.41, 5.74) is 1.43.